The van der Waals surface area contributed by atoms with Gasteiger partial charge in [-0.2, -0.15) is 0 Å². The molecule has 1 heterocycles. The van der Waals surface area contributed by atoms with Crippen LogP contribution in [0.3, 0.4) is 0 Å². The molecule has 0 aliphatic carbocycles. The van der Waals surface area contributed by atoms with Crippen LogP contribution in [0, 0.1) is 6.92 Å². The molecule has 0 fully saturated rings. The van der Waals surface area contributed by atoms with Crippen molar-refractivity contribution >= 4 is 28.0 Å². The minimum atomic E-state index is -0.349. The van der Waals surface area contributed by atoms with Gasteiger partial charge in [-0.1, -0.05) is 13.3 Å². The summed E-state index contributed by atoms with van der Waals surface area (Å²) in [6.45, 7) is 3.96. The van der Waals surface area contributed by atoms with E-state index in [0.717, 1.165) is 34.3 Å². The van der Waals surface area contributed by atoms with Gasteiger partial charge in [-0.05, 0) is 42.8 Å². The highest BCUT2D eigenvalue weighted by Gasteiger charge is 2.16. The maximum absolute atomic E-state index is 11.9. The fourth-order valence-electron chi connectivity index (χ4n) is 2.19. The molecule has 112 valence electrons. The third-order valence-corrected chi connectivity index (χ3v) is 4.38. The summed E-state index contributed by atoms with van der Waals surface area (Å²) in [5.74, 6) is 0. The maximum atomic E-state index is 11.9. The second kappa shape index (κ2) is 6.35. The fourth-order valence-corrected chi connectivity index (χ4v) is 3.01. The second-order valence-electron chi connectivity index (χ2n) is 5.18. The number of aryl methyl sites for hydroxylation is 2. The van der Waals surface area contributed by atoms with E-state index >= 15 is 0 Å². The SMILES string of the molecule is CCCc1c(SC(=O)N(C)C)ccc2c(C)cc(=O)oc12. The van der Waals surface area contributed by atoms with Gasteiger partial charge in [-0.3, -0.25) is 4.79 Å². The largest absolute Gasteiger partial charge is 0.422 e. The van der Waals surface area contributed by atoms with Crippen molar-refractivity contribution in [3.63, 3.8) is 0 Å². The van der Waals surface area contributed by atoms with Gasteiger partial charge in [0.2, 0.25) is 0 Å². The fraction of sp³-hybridized carbons (Fsp3) is 0.375. The number of hydrogen-bond acceptors (Lipinski definition) is 4. The summed E-state index contributed by atoms with van der Waals surface area (Å²) in [4.78, 5) is 26.0. The summed E-state index contributed by atoms with van der Waals surface area (Å²) in [6.07, 6.45) is 1.69. The van der Waals surface area contributed by atoms with Crippen LogP contribution in [-0.4, -0.2) is 24.2 Å². The summed E-state index contributed by atoms with van der Waals surface area (Å²) in [7, 11) is 3.44. The van der Waals surface area contributed by atoms with E-state index in [9.17, 15) is 9.59 Å². The van der Waals surface area contributed by atoms with E-state index in [4.69, 9.17) is 4.42 Å². The Hall–Kier alpha value is -1.75. The third-order valence-electron chi connectivity index (χ3n) is 3.24. The van der Waals surface area contributed by atoms with E-state index in [1.807, 2.05) is 19.1 Å². The molecule has 0 atom stereocenters. The van der Waals surface area contributed by atoms with Crippen LogP contribution in [0.1, 0.15) is 24.5 Å². The summed E-state index contributed by atoms with van der Waals surface area (Å²) in [5, 5.41) is 0.890. The third kappa shape index (κ3) is 3.29. The molecule has 2 aromatic rings. The van der Waals surface area contributed by atoms with Crippen LogP contribution in [0.4, 0.5) is 4.79 Å². The van der Waals surface area contributed by atoms with Gasteiger partial charge in [0.25, 0.3) is 5.24 Å². The van der Waals surface area contributed by atoms with Gasteiger partial charge in [0.1, 0.15) is 5.58 Å². The van der Waals surface area contributed by atoms with E-state index in [1.165, 1.54) is 22.7 Å². The molecule has 5 heteroatoms. The lowest BCUT2D eigenvalue weighted by molar-refractivity contribution is 0.241. The Morgan fingerprint density at radius 1 is 1.33 bits per heavy atom. The molecule has 4 nitrogen and oxygen atoms in total. The molecule has 2 rings (SSSR count). The zero-order chi connectivity index (χ0) is 15.6. The highest BCUT2D eigenvalue weighted by molar-refractivity contribution is 8.13. The van der Waals surface area contributed by atoms with Gasteiger partial charge >= 0.3 is 5.63 Å². The van der Waals surface area contributed by atoms with E-state index in [-0.39, 0.29) is 10.9 Å². The zero-order valence-electron chi connectivity index (χ0n) is 12.7. The molecule has 0 aliphatic heterocycles. The van der Waals surface area contributed by atoms with Crippen LogP contribution in [0.5, 0.6) is 0 Å². The molecule has 1 amide bonds. The molecule has 0 N–H and O–H groups in total. The van der Waals surface area contributed by atoms with Crippen LogP contribution in [0.15, 0.2) is 32.3 Å². The number of thioether (sulfide) groups is 1. The molecule has 0 bridgehead atoms. The normalized spacial score (nSPS) is 10.9. The van der Waals surface area contributed by atoms with Crippen molar-refractivity contribution < 1.29 is 9.21 Å². The van der Waals surface area contributed by atoms with E-state index in [0.29, 0.717) is 5.58 Å². The Bertz CT molecular complexity index is 734. The maximum Gasteiger partial charge on any atom is 0.336 e. The van der Waals surface area contributed by atoms with Crippen molar-refractivity contribution in [1.29, 1.82) is 0 Å². The molecule has 1 aromatic carbocycles. The topological polar surface area (TPSA) is 50.5 Å². The molecule has 0 radical (unpaired) electrons. The number of amides is 1. The lowest BCUT2D eigenvalue weighted by atomic mass is 10.0. The van der Waals surface area contributed by atoms with Gasteiger partial charge in [-0.25, -0.2) is 4.79 Å². The minimum Gasteiger partial charge on any atom is -0.422 e. The molecular weight excluding hydrogens is 286 g/mol. The first-order valence-corrected chi connectivity index (χ1v) is 7.71. The van der Waals surface area contributed by atoms with E-state index in [2.05, 4.69) is 6.92 Å². The second-order valence-corrected chi connectivity index (χ2v) is 6.17. The smallest absolute Gasteiger partial charge is 0.336 e. The van der Waals surface area contributed by atoms with Crippen LogP contribution < -0.4 is 5.63 Å². The number of benzene rings is 1. The Balaban J connectivity index is 2.63. The van der Waals surface area contributed by atoms with Crippen LogP contribution in [-0.2, 0) is 6.42 Å². The molecule has 0 saturated carbocycles. The van der Waals surface area contributed by atoms with Gasteiger partial charge in [0.05, 0.1) is 0 Å². The Labute approximate surface area is 128 Å². The molecule has 1 aromatic heterocycles. The van der Waals surface area contributed by atoms with E-state index < -0.39 is 0 Å². The Morgan fingerprint density at radius 2 is 2.05 bits per heavy atom. The number of hydrogen-bond donors (Lipinski definition) is 0. The molecule has 0 aliphatic rings. The Morgan fingerprint density at radius 3 is 2.67 bits per heavy atom. The zero-order valence-corrected chi connectivity index (χ0v) is 13.5. The highest BCUT2D eigenvalue weighted by atomic mass is 32.2. The average Bonchev–Trinajstić information content (AvgIpc) is 2.41. The van der Waals surface area contributed by atoms with Crippen molar-refractivity contribution in [3.05, 3.63) is 39.7 Å². The first-order valence-electron chi connectivity index (χ1n) is 6.89. The summed E-state index contributed by atoms with van der Waals surface area (Å²) >= 11 is 1.17. The molecule has 0 unspecified atom stereocenters. The van der Waals surface area contributed by atoms with Gasteiger partial charge in [-0.15, -0.1) is 0 Å². The predicted octanol–water partition coefficient (Wildman–Crippen LogP) is 3.83. The van der Waals surface area contributed by atoms with Crippen molar-refractivity contribution in [3.8, 4) is 0 Å². The van der Waals surface area contributed by atoms with Crippen LogP contribution in [0.2, 0.25) is 0 Å². The first-order chi connectivity index (χ1) is 9.93. The molecular formula is C16H19NO3S. The van der Waals surface area contributed by atoms with E-state index in [1.54, 1.807) is 14.1 Å². The number of rotatable bonds is 3. The lowest BCUT2D eigenvalue weighted by Gasteiger charge is -2.14. The number of nitrogens with zero attached hydrogens (tertiary/aromatic N) is 1. The number of fused-ring (bicyclic) bond motifs is 1. The van der Waals surface area contributed by atoms with Gasteiger partial charge in [0, 0.05) is 36.0 Å². The summed E-state index contributed by atoms with van der Waals surface area (Å²) in [6, 6.07) is 5.35. The van der Waals surface area contributed by atoms with Gasteiger partial charge in [0.15, 0.2) is 0 Å². The van der Waals surface area contributed by atoms with Crippen LogP contribution >= 0.6 is 11.8 Å². The summed E-state index contributed by atoms with van der Waals surface area (Å²) in [5.41, 5.74) is 2.10. The number of carbonyl (C=O) groups excluding carboxylic acids is 1. The quantitative estimate of drug-likeness (QED) is 0.639. The van der Waals surface area contributed by atoms with Gasteiger partial charge < -0.3 is 9.32 Å². The molecule has 0 saturated heterocycles. The minimum absolute atomic E-state index is 0.0401. The standard InChI is InChI=1S/C16H19NO3S/c1-5-6-12-13(21-16(19)17(3)4)8-7-11-10(2)9-14(18)20-15(11)12/h7-9H,5-6H2,1-4H3. The van der Waals surface area contributed by atoms with Crippen molar-refractivity contribution in [2.24, 2.45) is 0 Å². The first kappa shape index (κ1) is 15.6. The molecule has 0 spiro atoms. The predicted molar refractivity (Wildman–Crippen MR) is 86.2 cm³/mol. The molecule has 21 heavy (non-hydrogen) atoms. The monoisotopic (exact) mass is 305 g/mol. The van der Waals surface area contributed by atoms with Crippen molar-refractivity contribution in [1.82, 2.24) is 4.90 Å². The number of carbonyl (C=O) groups is 1. The Kier molecular flexibility index (Phi) is 4.73. The van der Waals surface area contributed by atoms with Crippen LogP contribution in [0.25, 0.3) is 11.0 Å². The highest BCUT2D eigenvalue weighted by Crippen LogP contribution is 2.32. The average molecular weight is 305 g/mol. The van der Waals surface area contributed by atoms with Crippen molar-refractivity contribution in [2.45, 2.75) is 31.6 Å². The van der Waals surface area contributed by atoms with Crippen molar-refractivity contribution in [2.75, 3.05) is 14.1 Å². The lowest BCUT2D eigenvalue weighted by Crippen LogP contribution is -2.16. The summed E-state index contributed by atoms with van der Waals surface area (Å²) < 4.78 is 5.42.